The number of nitriles is 1. The summed E-state index contributed by atoms with van der Waals surface area (Å²) < 4.78 is 4.84. The molecule has 0 fully saturated rings. The van der Waals surface area contributed by atoms with Gasteiger partial charge in [0.15, 0.2) is 6.61 Å². The van der Waals surface area contributed by atoms with Crippen molar-refractivity contribution in [2.75, 3.05) is 20.2 Å². The summed E-state index contributed by atoms with van der Waals surface area (Å²) in [6.07, 6.45) is 0.230. The number of phenolic OH excluding ortho intramolecular Hbond substituents is 1. The molecule has 0 atom stereocenters. The van der Waals surface area contributed by atoms with Crippen molar-refractivity contribution in [2.24, 2.45) is 0 Å². The van der Waals surface area contributed by atoms with Crippen LogP contribution in [0.2, 0.25) is 0 Å². The van der Waals surface area contributed by atoms with Crippen molar-refractivity contribution >= 4 is 11.9 Å². The van der Waals surface area contributed by atoms with Crippen LogP contribution in [-0.2, 0) is 9.53 Å². The molecule has 0 saturated heterocycles. The summed E-state index contributed by atoms with van der Waals surface area (Å²) in [6.45, 7) is -0.0757. The first kappa shape index (κ1) is 14.5. The number of hydrogen-bond acceptors (Lipinski definition) is 5. The Bertz CT molecular complexity index is 490. The summed E-state index contributed by atoms with van der Waals surface area (Å²) in [4.78, 5) is 24.4. The van der Waals surface area contributed by atoms with Gasteiger partial charge < -0.3 is 14.7 Å². The highest BCUT2D eigenvalue weighted by Gasteiger charge is 2.13. The van der Waals surface area contributed by atoms with E-state index in [1.807, 2.05) is 6.07 Å². The van der Waals surface area contributed by atoms with Crippen LogP contribution in [0.4, 0.5) is 0 Å². The number of carbonyl (C=O) groups is 2. The molecule has 0 unspecified atom stereocenters. The molecule has 0 aliphatic carbocycles. The van der Waals surface area contributed by atoms with Crippen LogP contribution in [0.5, 0.6) is 5.75 Å². The first-order valence-corrected chi connectivity index (χ1v) is 5.61. The molecule has 0 aliphatic heterocycles. The number of ether oxygens (including phenoxy) is 1. The molecule has 1 amide bonds. The van der Waals surface area contributed by atoms with E-state index < -0.39 is 5.97 Å². The summed E-state index contributed by atoms with van der Waals surface area (Å²) in [6, 6.07) is 7.45. The molecule has 100 valence electrons. The van der Waals surface area contributed by atoms with Crippen LogP contribution in [0.3, 0.4) is 0 Å². The van der Waals surface area contributed by atoms with Gasteiger partial charge in [-0.3, -0.25) is 4.79 Å². The SMILES string of the molecule is CN(CCC#N)C(=O)COC(=O)c1ccc(O)cc1. The first-order valence-electron chi connectivity index (χ1n) is 5.61. The van der Waals surface area contributed by atoms with Gasteiger partial charge in [-0.25, -0.2) is 4.79 Å². The number of amides is 1. The number of rotatable bonds is 5. The van der Waals surface area contributed by atoms with Crippen LogP contribution < -0.4 is 0 Å². The Morgan fingerprint density at radius 2 is 2.00 bits per heavy atom. The summed E-state index contributed by atoms with van der Waals surface area (Å²) in [5, 5.41) is 17.5. The molecule has 0 aromatic heterocycles. The number of esters is 1. The van der Waals surface area contributed by atoms with E-state index in [0.29, 0.717) is 6.54 Å². The minimum absolute atomic E-state index is 0.0452. The molecule has 1 N–H and O–H groups in total. The van der Waals surface area contributed by atoms with Crippen molar-refractivity contribution in [3.8, 4) is 11.8 Å². The van der Waals surface area contributed by atoms with Gasteiger partial charge in [-0.05, 0) is 24.3 Å². The lowest BCUT2D eigenvalue weighted by Gasteiger charge is -2.15. The average Bonchev–Trinajstić information content (AvgIpc) is 2.42. The monoisotopic (exact) mass is 262 g/mol. The van der Waals surface area contributed by atoms with E-state index >= 15 is 0 Å². The zero-order chi connectivity index (χ0) is 14.3. The van der Waals surface area contributed by atoms with Gasteiger partial charge in [-0.1, -0.05) is 0 Å². The standard InChI is InChI=1S/C13H14N2O4/c1-15(8-2-7-14)12(17)9-19-13(18)10-3-5-11(16)6-4-10/h3-6,16H,2,8-9H2,1H3. The van der Waals surface area contributed by atoms with Crippen LogP contribution in [0, 0.1) is 11.3 Å². The minimum atomic E-state index is -0.637. The third kappa shape index (κ3) is 4.68. The quantitative estimate of drug-likeness (QED) is 0.797. The highest BCUT2D eigenvalue weighted by atomic mass is 16.5. The molecular weight excluding hydrogens is 248 g/mol. The number of likely N-dealkylation sites (N-methyl/N-ethyl adjacent to an activating group) is 1. The summed E-state index contributed by atoms with van der Waals surface area (Å²) in [5.74, 6) is -0.965. The van der Waals surface area contributed by atoms with E-state index in [9.17, 15) is 9.59 Å². The Labute approximate surface area is 110 Å². The van der Waals surface area contributed by atoms with Gasteiger partial charge in [0.25, 0.3) is 5.91 Å². The maximum Gasteiger partial charge on any atom is 0.338 e. The second kappa shape index (κ2) is 7.01. The second-order valence-electron chi connectivity index (χ2n) is 3.85. The van der Waals surface area contributed by atoms with Gasteiger partial charge in [0.1, 0.15) is 5.75 Å². The zero-order valence-electron chi connectivity index (χ0n) is 10.5. The van der Waals surface area contributed by atoms with Crippen molar-refractivity contribution in [2.45, 2.75) is 6.42 Å². The fourth-order valence-electron chi connectivity index (χ4n) is 1.26. The molecule has 6 nitrogen and oxygen atoms in total. The van der Waals surface area contributed by atoms with Crippen LogP contribution in [0.15, 0.2) is 24.3 Å². The molecule has 1 aromatic rings. The second-order valence-corrected chi connectivity index (χ2v) is 3.85. The number of benzene rings is 1. The molecule has 0 heterocycles. The van der Waals surface area contributed by atoms with Gasteiger partial charge in [0.2, 0.25) is 0 Å². The molecule has 1 aromatic carbocycles. The van der Waals surface area contributed by atoms with Gasteiger partial charge in [-0.2, -0.15) is 5.26 Å². The van der Waals surface area contributed by atoms with Gasteiger partial charge in [-0.15, -0.1) is 0 Å². The normalized spacial score (nSPS) is 9.47. The predicted molar refractivity (Wildman–Crippen MR) is 66.3 cm³/mol. The number of aromatic hydroxyl groups is 1. The molecule has 19 heavy (non-hydrogen) atoms. The van der Waals surface area contributed by atoms with Crippen molar-refractivity contribution in [1.29, 1.82) is 5.26 Å². The number of carbonyl (C=O) groups excluding carboxylic acids is 2. The number of nitrogens with zero attached hydrogens (tertiary/aromatic N) is 2. The number of hydrogen-bond donors (Lipinski definition) is 1. The minimum Gasteiger partial charge on any atom is -0.508 e. The highest BCUT2D eigenvalue weighted by Crippen LogP contribution is 2.10. The van der Waals surface area contributed by atoms with Crippen molar-refractivity contribution in [3.05, 3.63) is 29.8 Å². The van der Waals surface area contributed by atoms with E-state index in [2.05, 4.69) is 0 Å². The van der Waals surface area contributed by atoms with Crippen LogP contribution in [0.1, 0.15) is 16.8 Å². The molecule has 0 radical (unpaired) electrons. The van der Waals surface area contributed by atoms with E-state index in [1.165, 1.54) is 36.2 Å². The van der Waals surface area contributed by atoms with Gasteiger partial charge >= 0.3 is 5.97 Å². The lowest BCUT2D eigenvalue weighted by molar-refractivity contribution is -0.133. The maximum absolute atomic E-state index is 11.6. The van der Waals surface area contributed by atoms with E-state index in [0.717, 1.165) is 0 Å². The zero-order valence-corrected chi connectivity index (χ0v) is 10.5. The van der Waals surface area contributed by atoms with Crippen LogP contribution in [0.25, 0.3) is 0 Å². The van der Waals surface area contributed by atoms with E-state index in [1.54, 1.807) is 0 Å². The first-order chi connectivity index (χ1) is 9.04. The largest absolute Gasteiger partial charge is 0.508 e. The van der Waals surface area contributed by atoms with Crippen molar-refractivity contribution < 1.29 is 19.4 Å². The lowest BCUT2D eigenvalue weighted by Crippen LogP contribution is -2.31. The third-order valence-electron chi connectivity index (χ3n) is 2.41. The molecule has 6 heteroatoms. The fourth-order valence-corrected chi connectivity index (χ4v) is 1.26. The Morgan fingerprint density at radius 3 is 2.58 bits per heavy atom. The Hall–Kier alpha value is -2.55. The van der Waals surface area contributed by atoms with E-state index in [-0.39, 0.29) is 30.2 Å². The van der Waals surface area contributed by atoms with Gasteiger partial charge in [0, 0.05) is 13.6 Å². The molecule has 0 saturated carbocycles. The highest BCUT2D eigenvalue weighted by molar-refractivity contribution is 5.91. The summed E-state index contributed by atoms with van der Waals surface area (Å²) >= 11 is 0. The Morgan fingerprint density at radius 1 is 1.37 bits per heavy atom. The van der Waals surface area contributed by atoms with Crippen LogP contribution >= 0.6 is 0 Å². The summed E-state index contributed by atoms with van der Waals surface area (Å²) in [7, 11) is 1.54. The Kier molecular flexibility index (Phi) is 5.35. The molecular formula is C13H14N2O4. The van der Waals surface area contributed by atoms with Crippen molar-refractivity contribution in [1.82, 2.24) is 4.90 Å². The summed E-state index contributed by atoms with van der Waals surface area (Å²) in [5.41, 5.74) is 0.255. The van der Waals surface area contributed by atoms with E-state index in [4.69, 9.17) is 15.1 Å². The van der Waals surface area contributed by atoms with Gasteiger partial charge in [0.05, 0.1) is 18.1 Å². The van der Waals surface area contributed by atoms with Crippen molar-refractivity contribution in [3.63, 3.8) is 0 Å². The van der Waals surface area contributed by atoms with Crippen LogP contribution in [-0.4, -0.2) is 42.1 Å². The third-order valence-corrected chi connectivity index (χ3v) is 2.41. The molecule has 1 rings (SSSR count). The topological polar surface area (TPSA) is 90.6 Å². The number of phenols is 1. The Balaban J connectivity index is 2.44. The lowest BCUT2D eigenvalue weighted by atomic mass is 10.2. The molecule has 0 bridgehead atoms. The molecule has 0 spiro atoms. The smallest absolute Gasteiger partial charge is 0.338 e. The average molecular weight is 262 g/mol. The molecule has 0 aliphatic rings. The maximum atomic E-state index is 11.6. The fraction of sp³-hybridized carbons (Fsp3) is 0.308. The predicted octanol–water partition coefficient (Wildman–Crippen LogP) is 0.921.